The van der Waals surface area contributed by atoms with Crippen molar-refractivity contribution in [3.05, 3.63) is 47.4 Å². The third-order valence-electron chi connectivity index (χ3n) is 3.01. The van der Waals surface area contributed by atoms with E-state index in [1.165, 1.54) is 28.7 Å². The lowest BCUT2D eigenvalue weighted by molar-refractivity contribution is 0.105. The Morgan fingerprint density at radius 1 is 1.41 bits per heavy atom. The Hall–Kier alpha value is -2.51. The molecule has 0 saturated heterocycles. The summed E-state index contributed by atoms with van der Waals surface area (Å²) in [6.07, 6.45) is 4.62. The first-order valence-electron chi connectivity index (χ1n) is 6.32. The molecule has 0 unspecified atom stereocenters. The van der Waals surface area contributed by atoms with Gasteiger partial charge in [-0.05, 0) is 18.2 Å². The lowest BCUT2D eigenvalue weighted by Crippen LogP contribution is -1.98. The molecule has 0 aromatic carbocycles. The number of carbonyl (C=O) groups excluding carboxylic acids is 1. The van der Waals surface area contributed by atoms with Crippen LogP contribution in [-0.2, 0) is 0 Å². The molecule has 0 fully saturated rings. The third kappa shape index (κ3) is 2.40. The molecule has 7 heteroatoms. The zero-order valence-corrected chi connectivity index (χ0v) is 13.1. The summed E-state index contributed by atoms with van der Waals surface area (Å²) >= 11 is 2.73. The van der Waals surface area contributed by atoms with Crippen LogP contribution in [0.4, 0.5) is 16.5 Å². The minimum absolute atomic E-state index is 0.208. The molecule has 3 aromatic heterocycles. The maximum Gasteiger partial charge on any atom is 0.197 e. The number of allylic oxidation sites excluding steroid dienone is 1. The van der Waals surface area contributed by atoms with Crippen molar-refractivity contribution in [1.29, 1.82) is 0 Å². The van der Waals surface area contributed by atoms with Gasteiger partial charge >= 0.3 is 0 Å². The van der Waals surface area contributed by atoms with Gasteiger partial charge in [-0.1, -0.05) is 13.2 Å². The van der Waals surface area contributed by atoms with Gasteiger partial charge < -0.3 is 11.1 Å². The van der Waals surface area contributed by atoms with Crippen molar-refractivity contribution in [2.45, 2.75) is 0 Å². The topological polar surface area (TPSA) is 80.9 Å². The smallest absolute Gasteiger partial charge is 0.197 e. The number of nitrogens with zero attached hydrogens (tertiary/aromatic N) is 2. The zero-order chi connectivity index (χ0) is 15.7. The number of pyridine rings is 1. The molecule has 0 aliphatic rings. The van der Waals surface area contributed by atoms with E-state index in [0.717, 1.165) is 16.2 Å². The number of thiazole rings is 1. The van der Waals surface area contributed by atoms with Crippen LogP contribution in [0, 0.1) is 0 Å². The van der Waals surface area contributed by atoms with Crippen LogP contribution in [0.2, 0.25) is 0 Å². The lowest BCUT2D eigenvalue weighted by Gasteiger charge is -2.07. The van der Waals surface area contributed by atoms with E-state index in [0.29, 0.717) is 21.1 Å². The van der Waals surface area contributed by atoms with Gasteiger partial charge in [0.05, 0.1) is 22.5 Å². The van der Waals surface area contributed by atoms with Crippen LogP contribution in [0.25, 0.3) is 16.3 Å². The number of nitrogen functional groups attached to an aromatic ring is 1. The van der Waals surface area contributed by atoms with Crippen LogP contribution in [0.3, 0.4) is 0 Å². The van der Waals surface area contributed by atoms with Crippen molar-refractivity contribution in [2.75, 3.05) is 11.1 Å². The van der Waals surface area contributed by atoms with Gasteiger partial charge in [0.1, 0.15) is 9.71 Å². The maximum atomic E-state index is 11.9. The van der Waals surface area contributed by atoms with Crippen LogP contribution in [0.15, 0.2) is 36.9 Å². The summed E-state index contributed by atoms with van der Waals surface area (Å²) in [6, 6.07) is 1.84. The number of anilines is 3. The van der Waals surface area contributed by atoms with E-state index in [4.69, 9.17) is 5.73 Å². The minimum Gasteiger partial charge on any atom is -0.397 e. The molecule has 0 amide bonds. The van der Waals surface area contributed by atoms with Gasteiger partial charge in [0, 0.05) is 11.6 Å². The molecule has 3 rings (SSSR count). The van der Waals surface area contributed by atoms with E-state index < -0.39 is 0 Å². The second kappa shape index (κ2) is 5.70. The molecule has 5 nitrogen and oxygen atoms in total. The number of hydrogen-bond acceptors (Lipinski definition) is 7. The highest BCUT2D eigenvalue weighted by atomic mass is 32.1. The zero-order valence-electron chi connectivity index (χ0n) is 11.5. The second-order valence-corrected chi connectivity index (χ2v) is 6.25. The Bertz CT molecular complexity index is 881. The average molecular weight is 328 g/mol. The van der Waals surface area contributed by atoms with Gasteiger partial charge in [-0.3, -0.25) is 4.79 Å². The molecule has 22 heavy (non-hydrogen) atoms. The summed E-state index contributed by atoms with van der Waals surface area (Å²) in [4.78, 5) is 21.7. The van der Waals surface area contributed by atoms with E-state index in [-0.39, 0.29) is 5.78 Å². The predicted molar refractivity (Wildman–Crippen MR) is 94.0 cm³/mol. The highest BCUT2D eigenvalue weighted by Crippen LogP contribution is 2.39. The maximum absolute atomic E-state index is 11.9. The molecule has 3 heterocycles. The number of fused-ring (bicyclic) bond motifs is 1. The van der Waals surface area contributed by atoms with Crippen molar-refractivity contribution < 1.29 is 4.79 Å². The van der Waals surface area contributed by atoms with E-state index in [1.54, 1.807) is 12.3 Å². The molecule has 0 saturated carbocycles. The Balaban J connectivity index is 2.24. The first-order chi connectivity index (χ1) is 10.6. The molecule has 0 aliphatic heterocycles. The van der Waals surface area contributed by atoms with E-state index in [9.17, 15) is 4.79 Å². The average Bonchev–Trinajstić information content (AvgIpc) is 3.14. The molecule has 110 valence electrons. The SMILES string of the molecule is C=CC(=O)c1sc2nc(C=C)cc(Nc3nccs3)c2c1N. The highest BCUT2D eigenvalue weighted by molar-refractivity contribution is 7.21. The molecular formula is C15H12N4OS2. The largest absolute Gasteiger partial charge is 0.397 e. The summed E-state index contributed by atoms with van der Waals surface area (Å²) in [5, 5.41) is 6.55. The van der Waals surface area contributed by atoms with Crippen LogP contribution < -0.4 is 11.1 Å². The molecule has 3 aromatic rings. The summed E-state index contributed by atoms with van der Waals surface area (Å²) < 4.78 is 0. The number of nitrogens with one attached hydrogen (secondary N) is 1. The highest BCUT2D eigenvalue weighted by Gasteiger charge is 2.19. The third-order valence-corrected chi connectivity index (χ3v) is 4.81. The number of thiophene rings is 1. The van der Waals surface area contributed by atoms with Crippen molar-refractivity contribution in [2.24, 2.45) is 0 Å². The molecule has 0 bridgehead atoms. The van der Waals surface area contributed by atoms with Gasteiger partial charge in [-0.2, -0.15) is 0 Å². The minimum atomic E-state index is -0.208. The standard InChI is InChI=1S/C15H12N4OS2/c1-3-8-7-9(19-15-17-5-6-21-15)11-12(16)13(10(20)4-2)22-14(11)18-8/h3-7H,1-2,16H2,(H,17,18,19). The lowest BCUT2D eigenvalue weighted by atomic mass is 10.2. The first-order valence-corrected chi connectivity index (χ1v) is 8.02. The monoisotopic (exact) mass is 328 g/mol. The molecular weight excluding hydrogens is 316 g/mol. The van der Waals surface area contributed by atoms with Crippen LogP contribution in [0.5, 0.6) is 0 Å². The van der Waals surface area contributed by atoms with Crippen molar-refractivity contribution >= 4 is 61.3 Å². The van der Waals surface area contributed by atoms with Crippen molar-refractivity contribution in [3.63, 3.8) is 0 Å². The quantitative estimate of drug-likeness (QED) is 0.544. The van der Waals surface area contributed by atoms with E-state index in [1.807, 2.05) is 11.4 Å². The summed E-state index contributed by atoms with van der Waals surface area (Å²) in [6.45, 7) is 7.25. The van der Waals surface area contributed by atoms with E-state index >= 15 is 0 Å². The molecule has 0 atom stereocenters. The predicted octanol–water partition coefficient (Wildman–Crippen LogP) is 4.09. The second-order valence-electron chi connectivity index (χ2n) is 4.35. The Labute approximate surface area is 134 Å². The summed E-state index contributed by atoms with van der Waals surface area (Å²) in [5.74, 6) is -0.208. The normalized spacial score (nSPS) is 10.5. The Kier molecular flexibility index (Phi) is 3.74. The molecule has 0 spiro atoms. The van der Waals surface area contributed by atoms with Gasteiger partial charge in [-0.15, -0.1) is 22.7 Å². The molecule has 0 radical (unpaired) electrons. The fourth-order valence-electron chi connectivity index (χ4n) is 2.02. The molecule has 0 aliphatic carbocycles. The van der Waals surface area contributed by atoms with Gasteiger partial charge in [0.15, 0.2) is 10.9 Å². The van der Waals surface area contributed by atoms with Crippen LogP contribution >= 0.6 is 22.7 Å². The number of hydrogen-bond donors (Lipinski definition) is 2. The van der Waals surface area contributed by atoms with E-state index in [2.05, 4.69) is 28.4 Å². The number of nitrogens with two attached hydrogens (primary N) is 1. The number of carbonyl (C=O) groups is 1. The van der Waals surface area contributed by atoms with Crippen molar-refractivity contribution in [3.8, 4) is 0 Å². The number of aromatic nitrogens is 2. The molecule has 3 N–H and O–H groups in total. The summed E-state index contributed by atoms with van der Waals surface area (Å²) in [7, 11) is 0. The van der Waals surface area contributed by atoms with Crippen molar-refractivity contribution in [1.82, 2.24) is 9.97 Å². The Morgan fingerprint density at radius 2 is 2.23 bits per heavy atom. The van der Waals surface area contributed by atoms with Gasteiger partial charge in [0.25, 0.3) is 0 Å². The Morgan fingerprint density at radius 3 is 2.86 bits per heavy atom. The van der Waals surface area contributed by atoms with Gasteiger partial charge in [-0.25, -0.2) is 9.97 Å². The van der Waals surface area contributed by atoms with Crippen LogP contribution in [-0.4, -0.2) is 15.8 Å². The fourth-order valence-corrected chi connectivity index (χ4v) is 3.62. The fraction of sp³-hybridized carbons (Fsp3) is 0. The number of rotatable bonds is 5. The first kappa shape index (κ1) is 14.4. The van der Waals surface area contributed by atoms with Crippen LogP contribution in [0.1, 0.15) is 15.4 Å². The number of ketones is 1. The summed E-state index contributed by atoms with van der Waals surface area (Å²) in [5.41, 5.74) is 8.02. The van der Waals surface area contributed by atoms with Gasteiger partial charge in [0.2, 0.25) is 0 Å².